The zero-order valence-electron chi connectivity index (χ0n) is 3.05. The molecule has 0 atom stereocenters. The molecule has 0 saturated heterocycles. The largest absolute Gasteiger partial charge is 0.448 e. The summed E-state index contributed by atoms with van der Waals surface area (Å²) < 4.78 is 0. The van der Waals surface area contributed by atoms with E-state index >= 15 is 0 Å². The van der Waals surface area contributed by atoms with Crippen molar-refractivity contribution in [2.24, 2.45) is 0 Å². The molecule has 0 aliphatic rings. The van der Waals surface area contributed by atoms with E-state index in [4.69, 9.17) is 10.0 Å². The summed E-state index contributed by atoms with van der Waals surface area (Å²) in [6, 6.07) is 0. The van der Waals surface area contributed by atoms with Gasteiger partial charge < -0.3 is 10.0 Å². The average molecular weight is 149 g/mol. The van der Waals surface area contributed by atoms with E-state index in [-0.39, 0.29) is 32.7 Å². The summed E-state index contributed by atoms with van der Waals surface area (Å²) in [5.41, 5.74) is 0. The van der Waals surface area contributed by atoms with E-state index in [9.17, 15) is 0 Å². The Morgan fingerprint density at radius 2 is 1.40 bits per heavy atom. The SMILES string of the molecule is CB(O)O.[Y]. The van der Waals surface area contributed by atoms with Crippen molar-refractivity contribution >= 4 is 7.12 Å². The van der Waals surface area contributed by atoms with Gasteiger partial charge in [-0.2, -0.15) is 0 Å². The molecule has 0 aromatic carbocycles. The summed E-state index contributed by atoms with van der Waals surface area (Å²) in [4.78, 5) is 0. The molecule has 0 heterocycles. The Bertz CT molecular complexity index is 14.4. The summed E-state index contributed by atoms with van der Waals surface area (Å²) >= 11 is 0. The third-order valence-electron chi connectivity index (χ3n) is 0. The predicted molar refractivity (Wildman–Crippen MR) is 16.1 cm³/mol. The number of hydrogen-bond acceptors (Lipinski definition) is 2. The molecule has 0 saturated carbocycles. The first-order chi connectivity index (χ1) is 1.73. The molecule has 0 unspecified atom stereocenters. The van der Waals surface area contributed by atoms with Gasteiger partial charge in [0.2, 0.25) is 0 Å². The van der Waals surface area contributed by atoms with Gasteiger partial charge in [-0.1, -0.05) is 0 Å². The van der Waals surface area contributed by atoms with Crippen LogP contribution < -0.4 is 0 Å². The minimum atomic E-state index is -1.17. The second-order valence-corrected chi connectivity index (χ2v) is 0.632. The van der Waals surface area contributed by atoms with Gasteiger partial charge in [0.15, 0.2) is 0 Å². The molecule has 0 rings (SSSR count). The summed E-state index contributed by atoms with van der Waals surface area (Å²) in [6.07, 6.45) is 0. The molecule has 0 aromatic heterocycles. The molecule has 4 heteroatoms. The van der Waals surface area contributed by atoms with E-state index in [1.165, 1.54) is 6.82 Å². The fourth-order valence-corrected chi connectivity index (χ4v) is 0. The Morgan fingerprint density at radius 3 is 1.40 bits per heavy atom. The Morgan fingerprint density at radius 1 is 1.40 bits per heavy atom. The number of hydrogen-bond donors (Lipinski definition) is 2. The van der Waals surface area contributed by atoms with Crippen LogP contribution >= 0.6 is 0 Å². The fourth-order valence-electron chi connectivity index (χ4n) is 0. The van der Waals surface area contributed by atoms with Gasteiger partial charge >= 0.3 is 7.12 Å². The summed E-state index contributed by atoms with van der Waals surface area (Å²) in [5, 5.41) is 15.2. The van der Waals surface area contributed by atoms with Crippen molar-refractivity contribution in [1.82, 2.24) is 0 Å². The van der Waals surface area contributed by atoms with E-state index in [1.54, 1.807) is 0 Å². The van der Waals surface area contributed by atoms with Crippen LogP contribution in [0.15, 0.2) is 0 Å². The van der Waals surface area contributed by atoms with Crippen LogP contribution in [-0.4, -0.2) is 17.2 Å². The second kappa shape index (κ2) is 5.09. The summed E-state index contributed by atoms with van der Waals surface area (Å²) in [6.45, 7) is 1.28. The predicted octanol–water partition coefficient (Wildman–Crippen LogP) is -0.913. The molecule has 0 aromatic rings. The molecule has 1 radical (unpaired) electrons. The van der Waals surface area contributed by atoms with E-state index < -0.39 is 7.12 Å². The van der Waals surface area contributed by atoms with Crippen molar-refractivity contribution in [3.63, 3.8) is 0 Å². The molecule has 0 spiro atoms. The van der Waals surface area contributed by atoms with Gasteiger partial charge in [0.05, 0.1) is 0 Å². The van der Waals surface area contributed by atoms with Crippen LogP contribution in [-0.2, 0) is 32.7 Å². The second-order valence-electron chi connectivity index (χ2n) is 0.632. The fraction of sp³-hybridized carbons (Fsp3) is 1.00. The standard InChI is InChI=1S/CH5BO2.Y/c1-2(3)4;/h3-4H,1H3;. The molecule has 27 valence electrons. The Hall–Kier alpha value is 1.09. The van der Waals surface area contributed by atoms with Gasteiger partial charge in [0, 0.05) is 32.7 Å². The molecule has 0 fully saturated rings. The van der Waals surface area contributed by atoms with Crippen molar-refractivity contribution in [3.8, 4) is 0 Å². The van der Waals surface area contributed by atoms with E-state index in [0.29, 0.717) is 0 Å². The van der Waals surface area contributed by atoms with Crippen molar-refractivity contribution in [1.29, 1.82) is 0 Å². The topological polar surface area (TPSA) is 40.5 Å². The number of rotatable bonds is 0. The molecule has 0 aliphatic carbocycles. The minimum absolute atomic E-state index is 0. The average Bonchev–Trinajstić information content (AvgIpc) is 0.811. The first kappa shape index (κ1) is 9.43. The van der Waals surface area contributed by atoms with Gasteiger partial charge in [-0.25, -0.2) is 0 Å². The summed E-state index contributed by atoms with van der Waals surface area (Å²) in [7, 11) is -1.17. The monoisotopic (exact) mass is 149 g/mol. The molecule has 5 heavy (non-hydrogen) atoms. The molecule has 0 aliphatic heterocycles. The van der Waals surface area contributed by atoms with Crippen molar-refractivity contribution in [3.05, 3.63) is 0 Å². The Labute approximate surface area is 56.6 Å². The van der Waals surface area contributed by atoms with E-state index in [2.05, 4.69) is 0 Å². The Kier molecular flexibility index (Phi) is 9.60. The maximum atomic E-state index is 7.61. The van der Waals surface area contributed by atoms with Crippen LogP contribution in [0, 0.1) is 0 Å². The third kappa shape index (κ3) is 41.0. The molecular formula is CH5BO2Y. The van der Waals surface area contributed by atoms with Crippen LogP contribution in [0.3, 0.4) is 0 Å². The van der Waals surface area contributed by atoms with Gasteiger partial charge in [-0.15, -0.1) is 0 Å². The maximum Gasteiger partial charge on any atom is 0.448 e. The minimum Gasteiger partial charge on any atom is -0.427 e. The van der Waals surface area contributed by atoms with Crippen LogP contribution in [0.5, 0.6) is 0 Å². The van der Waals surface area contributed by atoms with Crippen LogP contribution in [0.1, 0.15) is 0 Å². The van der Waals surface area contributed by atoms with Gasteiger partial charge in [-0.3, -0.25) is 0 Å². The molecule has 2 N–H and O–H groups in total. The molecule has 0 bridgehead atoms. The van der Waals surface area contributed by atoms with Gasteiger partial charge in [0.25, 0.3) is 0 Å². The van der Waals surface area contributed by atoms with Crippen LogP contribution in [0.2, 0.25) is 6.82 Å². The zero-order chi connectivity index (χ0) is 3.58. The normalized spacial score (nSPS) is 5.40. The van der Waals surface area contributed by atoms with Gasteiger partial charge in [-0.05, 0) is 6.82 Å². The van der Waals surface area contributed by atoms with E-state index in [0.717, 1.165) is 0 Å². The maximum absolute atomic E-state index is 7.61. The third-order valence-corrected chi connectivity index (χ3v) is 0. The molecule has 2 nitrogen and oxygen atoms in total. The van der Waals surface area contributed by atoms with Crippen molar-refractivity contribution in [2.45, 2.75) is 6.82 Å². The molecule has 0 amide bonds. The Balaban J connectivity index is 0. The summed E-state index contributed by atoms with van der Waals surface area (Å²) in [5.74, 6) is 0. The first-order valence-electron chi connectivity index (χ1n) is 1.09. The van der Waals surface area contributed by atoms with Crippen molar-refractivity contribution in [2.75, 3.05) is 0 Å². The first-order valence-corrected chi connectivity index (χ1v) is 1.09. The smallest absolute Gasteiger partial charge is 0.427 e. The zero-order valence-corrected chi connectivity index (χ0v) is 5.89. The van der Waals surface area contributed by atoms with Crippen molar-refractivity contribution < 1.29 is 42.8 Å². The molecular weight excluding hydrogens is 144 g/mol. The van der Waals surface area contributed by atoms with Gasteiger partial charge in [0.1, 0.15) is 0 Å². The van der Waals surface area contributed by atoms with Crippen LogP contribution in [0.4, 0.5) is 0 Å². The quantitative estimate of drug-likeness (QED) is 0.437. The van der Waals surface area contributed by atoms with E-state index in [1.807, 2.05) is 0 Å². The van der Waals surface area contributed by atoms with Crippen LogP contribution in [0.25, 0.3) is 0 Å².